The number of likely N-dealkylation sites (N-methyl/N-ethyl adjacent to an activating group) is 3. The number of piperidine rings is 2. The van der Waals surface area contributed by atoms with Crippen molar-refractivity contribution in [2.45, 2.75) is 122 Å². The number of nitrogens with zero attached hydrogens (tertiary/aromatic N) is 5. The van der Waals surface area contributed by atoms with Crippen LogP contribution in [0.2, 0.25) is 0 Å². The molecule has 0 aromatic heterocycles. The third-order valence-corrected chi connectivity index (χ3v) is 13.6. The molecule has 6 amide bonds. The molecule has 2 N–H and O–H groups in total. The van der Waals surface area contributed by atoms with Crippen molar-refractivity contribution in [3.8, 4) is 11.1 Å². The molecular formula is C48H68N6O9. The number of carboxylic acids is 1. The number of fused-ring (bicyclic) bond motifs is 3. The summed E-state index contributed by atoms with van der Waals surface area (Å²) in [4.78, 5) is 104. The highest BCUT2D eigenvalue weighted by molar-refractivity contribution is 5.97. The molecule has 3 aliphatic rings. The molecule has 15 nitrogen and oxygen atoms in total. The number of carbonyl (C=O) groups is 7. The lowest BCUT2D eigenvalue weighted by Gasteiger charge is -2.40. The highest BCUT2D eigenvalue weighted by Gasteiger charge is 2.43. The Balaban J connectivity index is 1.36. The van der Waals surface area contributed by atoms with Crippen molar-refractivity contribution in [2.24, 2.45) is 11.8 Å². The van der Waals surface area contributed by atoms with Crippen LogP contribution in [0.15, 0.2) is 48.5 Å². The van der Waals surface area contributed by atoms with E-state index in [0.29, 0.717) is 39.0 Å². The lowest BCUT2D eigenvalue weighted by atomic mass is 9.92. The van der Waals surface area contributed by atoms with Crippen molar-refractivity contribution in [3.05, 3.63) is 59.7 Å². The number of amides is 6. The molecule has 63 heavy (non-hydrogen) atoms. The molecule has 15 heteroatoms. The monoisotopic (exact) mass is 873 g/mol. The lowest BCUT2D eigenvalue weighted by molar-refractivity contribution is -0.156. The van der Waals surface area contributed by atoms with Gasteiger partial charge < -0.3 is 39.7 Å². The fraction of sp³-hybridized carbons (Fsp3) is 0.604. The fourth-order valence-electron chi connectivity index (χ4n) is 9.26. The molecule has 2 heterocycles. The van der Waals surface area contributed by atoms with Crippen molar-refractivity contribution in [1.82, 2.24) is 29.8 Å². The topological polar surface area (TPSA) is 177 Å². The van der Waals surface area contributed by atoms with Crippen molar-refractivity contribution in [1.29, 1.82) is 0 Å². The van der Waals surface area contributed by atoms with Gasteiger partial charge in [-0.25, -0.2) is 4.79 Å². The van der Waals surface area contributed by atoms with Gasteiger partial charge in [-0.05, 0) is 72.6 Å². The molecule has 0 saturated carbocycles. The van der Waals surface area contributed by atoms with E-state index in [1.54, 1.807) is 9.80 Å². The van der Waals surface area contributed by atoms with E-state index >= 15 is 0 Å². The maximum absolute atomic E-state index is 14.9. The smallest absolute Gasteiger partial charge is 0.407 e. The van der Waals surface area contributed by atoms with Crippen LogP contribution in [0.3, 0.4) is 0 Å². The highest BCUT2D eigenvalue weighted by Crippen LogP contribution is 2.44. The summed E-state index contributed by atoms with van der Waals surface area (Å²) >= 11 is 0. The molecule has 0 bridgehead atoms. The molecule has 2 aromatic carbocycles. The van der Waals surface area contributed by atoms with Crippen LogP contribution < -0.4 is 5.32 Å². The van der Waals surface area contributed by atoms with Gasteiger partial charge >= 0.3 is 12.1 Å². The summed E-state index contributed by atoms with van der Waals surface area (Å²) in [5.74, 6) is -4.81. The van der Waals surface area contributed by atoms with Gasteiger partial charge in [0, 0.05) is 53.2 Å². The first-order valence-electron chi connectivity index (χ1n) is 22.8. The van der Waals surface area contributed by atoms with Crippen LogP contribution in [0.25, 0.3) is 11.1 Å². The number of rotatable bonds is 18. The maximum atomic E-state index is 14.9. The van der Waals surface area contributed by atoms with Crippen LogP contribution in [0.4, 0.5) is 4.79 Å². The molecule has 2 aromatic rings. The zero-order chi connectivity index (χ0) is 46.0. The summed E-state index contributed by atoms with van der Waals surface area (Å²) in [5, 5.41) is 12.6. The quantitative estimate of drug-likeness (QED) is 0.200. The van der Waals surface area contributed by atoms with Gasteiger partial charge in [0.05, 0.1) is 12.8 Å². The molecule has 5 rings (SSSR count). The average Bonchev–Trinajstić information content (AvgIpc) is 3.63. The lowest BCUT2D eigenvalue weighted by Crippen LogP contribution is -2.61. The number of hydrogen-bond acceptors (Lipinski definition) is 8. The van der Waals surface area contributed by atoms with E-state index in [1.165, 1.54) is 30.9 Å². The first-order chi connectivity index (χ1) is 30.1. The second kappa shape index (κ2) is 22.2. The zero-order valence-corrected chi connectivity index (χ0v) is 38.2. The Morgan fingerprint density at radius 3 is 1.62 bits per heavy atom. The summed E-state index contributed by atoms with van der Waals surface area (Å²) in [7, 11) is 4.34. The number of nitrogens with one attached hydrogen (secondary N) is 1. The maximum Gasteiger partial charge on any atom is 0.407 e. The van der Waals surface area contributed by atoms with Gasteiger partial charge in [-0.3, -0.25) is 28.8 Å². The molecule has 2 saturated heterocycles. The van der Waals surface area contributed by atoms with Crippen molar-refractivity contribution >= 4 is 41.6 Å². The highest BCUT2D eigenvalue weighted by atomic mass is 16.5. The molecule has 2 fully saturated rings. The second-order valence-corrected chi connectivity index (χ2v) is 17.7. The molecular weight excluding hydrogens is 805 g/mol. The minimum atomic E-state index is -1.31. The first kappa shape index (κ1) is 48.6. The van der Waals surface area contributed by atoms with Crippen LogP contribution in [-0.4, -0.2) is 149 Å². The van der Waals surface area contributed by atoms with Crippen LogP contribution in [0.1, 0.15) is 109 Å². The van der Waals surface area contributed by atoms with Crippen LogP contribution >= 0.6 is 0 Å². The number of ether oxygens (including phenoxy) is 1. The minimum Gasteiger partial charge on any atom is -0.481 e. The minimum absolute atomic E-state index is 0.0553. The predicted octanol–water partition coefficient (Wildman–Crippen LogP) is 5.36. The first-order valence-corrected chi connectivity index (χ1v) is 22.8. The van der Waals surface area contributed by atoms with E-state index in [4.69, 9.17) is 4.74 Å². The largest absolute Gasteiger partial charge is 0.481 e. The normalized spacial score (nSPS) is 17.8. The van der Waals surface area contributed by atoms with Gasteiger partial charge in [-0.15, -0.1) is 0 Å². The second-order valence-electron chi connectivity index (χ2n) is 17.7. The van der Waals surface area contributed by atoms with Gasteiger partial charge in [0.15, 0.2) is 0 Å². The SMILES string of the molecule is CC[C@H](C)[C@H](NC(=O)OCC1c2ccccc2-c2ccccc21)C(=O)N(C)[C@H](C(=O)N(C)[C@@H](CC(=O)N(C)[C@@H](CC(=O)O)C(=O)N1CCCCC1)C(=O)N1CCCCC1)[C@@H](C)CC. The molecule has 2 aliphatic heterocycles. The number of alkyl carbamates (subject to hydrolysis) is 1. The Morgan fingerprint density at radius 2 is 1.14 bits per heavy atom. The Hall–Kier alpha value is -5.47. The number of hydrogen-bond donors (Lipinski definition) is 2. The Bertz CT molecular complexity index is 1920. The van der Waals surface area contributed by atoms with E-state index in [-0.39, 0.29) is 18.4 Å². The molecule has 0 spiro atoms. The fourth-order valence-corrected chi connectivity index (χ4v) is 9.26. The molecule has 1 aliphatic carbocycles. The van der Waals surface area contributed by atoms with E-state index < -0.39 is 84.5 Å². The van der Waals surface area contributed by atoms with Crippen LogP contribution in [0.5, 0.6) is 0 Å². The third-order valence-electron chi connectivity index (χ3n) is 13.6. The van der Waals surface area contributed by atoms with Gasteiger partial charge in [-0.2, -0.15) is 0 Å². The van der Waals surface area contributed by atoms with E-state index in [0.717, 1.165) is 65.7 Å². The summed E-state index contributed by atoms with van der Waals surface area (Å²) in [6.45, 7) is 9.35. The Kier molecular flexibility index (Phi) is 17.1. The Morgan fingerprint density at radius 1 is 0.667 bits per heavy atom. The van der Waals surface area contributed by atoms with Crippen LogP contribution in [-0.2, 0) is 33.5 Å². The molecule has 0 radical (unpaired) electrons. The predicted molar refractivity (Wildman–Crippen MR) is 238 cm³/mol. The number of likely N-dealkylation sites (tertiary alicyclic amines) is 2. The zero-order valence-electron chi connectivity index (χ0n) is 38.2. The van der Waals surface area contributed by atoms with Gasteiger partial charge in [-0.1, -0.05) is 89.1 Å². The van der Waals surface area contributed by atoms with Gasteiger partial charge in [0.2, 0.25) is 29.5 Å². The van der Waals surface area contributed by atoms with E-state index in [2.05, 4.69) is 5.32 Å². The summed E-state index contributed by atoms with van der Waals surface area (Å²) < 4.78 is 5.84. The van der Waals surface area contributed by atoms with Crippen molar-refractivity contribution in [2.75, 3.05) is 53.9 Å². The Labute approximate surface area is 372 Å². The molecule has 6 atom stereocenters. The van der Waals surface area contributed by atoms with Crippen molar-refractivity contribution < 1.29 is 43.4 Å². The average molecular weight is 873 g/mol. The standard InChI is InChI=1S/C48H68N6O9/c1-8-31(3)42(49-48(62)63-30-37-35-22-14-12-20-33(35)34-21-13-15-23-36(34)37)46(60)52(7)43(32(4)9-2)47(61)51(6)38(44(58)53-24-16-10-17-25-53)28-40(55)50(5)39(29-41(56)57)45(59)54-26-18-11-19-27-54/h12-15,20-23,31-32,37-39,42-43H,8-11,16-19,24-30H2,1-7H3,(H,49,62)(H,56,57)/t31-,32-,38-,39-,42-,43-/m0/s1. The number of aliphatic carboxylic acids is 1. The molecule has 344 valence electrons. The third kappa shape index (κ3) is 11.4. The number of carboxylic acid groups (broad SMARTS) is 1. The number of carbonyl (C=O) groups excluding carboxylic acids is 6. The summed E-state index contributed by atoms with van der Waals surface area (Å²) in [6, 6.07) is 11.3. The van der Waals surface area contributed by atoms with Gasteiger partial charge in [0.25, 0.3) is 0 Å². The number of benzene rings is 2. The summed E-state index contributed by atoms with van der Waals surface area (Å²) in [6.07, 6.45) is 4.11. The van der Waals surface area contributed by atoms with E-state index in [1.807, 2.05) is 76.2 Å². The van der Waals surface area contributed by atoms with Gasteiger partial charge in [0.1, 0.15) is 30.8 Å². The van der Waals surface area contributed by atoms with Crippen LogP contribution in [0, 0.1) is 11.8 Å². The van der Waals surface area contributed by atoms with Crippen molar-refractivity contribution in [3.63, 3.8) is 0 Å². The molecule has 0 unspecified atom stereocenters. The van der Waals surface area contributed by atoms with E-state index in [9.17, 15) is 38.7 Å². The summed E-state index contributed by atoms with van der Waals surface area (Å²) in [5.41, 5.74) is 4.28.